The molecule has 1 saturated heterocycles. The minimum absolute atomic E-state index is 0.0160. The van der Waals surface area contributed by atoms with Crippen LogP contribution in [0.15, 0.2) is 24.3 Å². The molecule has 1 aliphatic rings. The molecule has 1 fully saturated rings. The van der Waals surface area contributed by atoms with E-state index >= 15 is 0 Å². The highest BCUT2D eigenvalue weighted by molar-refractivity contribution is 5.27. The van der Waals surface area contributed by atoms with E-state index in [2.05, 4.69) is 0 Å². The molecule has 1 aromatic carbocycles. The van der Waals surface area contributed by atoms with Crippen molar-refractivity contribution in [3.8, 4) is 0 Å². The van der Waals surface area contributed by atoms with Crippen LogP contribution in [0.1, 0.15) is 17.2 Å². The highest BCUT2D eigenvalue weighted by Gasteiger charge is 2.31. The fraction of sp³-hybridized carbons (Fsp3) is 0.333. The molecule has 2 rings (SSSR count). The van der Waals surface area contributed by atoms with Gasteiger partial charge in [0.1, 0.15) is 6.10 Å². The lowest BCUT2D eigenvalue weighted by Crippen LogP contribution is -2.04. The smallest absolute Gasteiger partial charge is 0.368 e. The van der Waals surface area contributed by atoms with Crippen molar-refractivity contribution in [3.63, 3.8) is 0 Å². The van der Waals surface area contributed by atoms with Gasteiger partial charge >= 0.3 is 6.18 Å². The van der Waals surface area contributed by atoms with Gasteiger partial charge in [-0.25, -0.2) is 0 Å². The van der Waals surface area contributed by atoms with Crippen LogP contribution >= 0.6 is 0 Å². The zero-order valence-corrected chi connectivity index (χ0v) is 6.64. The molecule has 1 aliphatic heterocycles. The Kier molecular flexibility index (Phi) is 1.80. The zero-order valence-electron chi connectivity index (χ0n) is 6.64. The van der Waals surface area contributed by atoms with E-state index in [0.717, 1.165) is 17.7 Å². The normalized spacial score (nSPS) is 21.6. The van der Waals surface area contributed by atoms with E-state index < -0.39 is 11.7 Å². The van der Waals surface area contributed by atoms with Crippen LogP contribution in [0.4, 0.5) is 13.2 Å². The van der Waals surface area contributed by atoms with E-state index in [9.17, 15) is 13.2 Å². The standard InChI is InChI=1S/C9H7F3O/c10-9(11,12)7-3-1-6(2-4-7)8-5-13-8/h1-4,8H,5H2/t8-/m0/s1. The Morgan fingerprint density at radius 1 is 1.15 bits per heavy atom. The topological polar surface area (TPSA) is 12.5 Å². The van der Waals surface area contributed by atoms with Gasteiger partial charge in [0.2, 0.25) is 0 Å². The molecular formula is C9H7F3O. The summed E-state index contributed by atoms with van der Waals surface area (Å²) in [5, 5.41) is 0. The molecule has 4 heteroatoms. The summed E-state index contributed by atoms with van der Waals surface area (Å²) in [4.78, 5) is 0. The Bertz CT molecular complexity index is 298. The van der Waals surface area contributed by atoms with Gasteiger partial charge in [-0.2, -0.15) is 13.2 Å². The van der Waals surface area contributed by atoms with E-state index in [4.69, 9.17) is 4.74 Å². The van der Waals surface area contributed by atoms with Gasteiger partial charge in [0, 0.05) is 0 Å². The zero-order chi connectivity index (χ0) is 9.47. The van der Waals surface area contributed by atoms with Crippen molar-refractivity contribution < 1.29 is 17.9 Å². The van der Waals surface area contributed by atoms with Crippen molar-refractivity contribution in [2.75, 3.05) is 6.61 Å². The lowest BCUT2D eigenvalue weighted by atomic mass is 10.1. The molecule has 0 aliphatic carbocycles. The predicted octanol–water partition coefficient (Wildman–Crippen LogP) is 2.78. The van der Waals surface area contributed by atoms with Crippen molar-refractivity contribution in [2.45, 2.75) is 12.3 Å². The van der Waals surface area contributed by atoms with Gasteiger partial charge < -0.3 is 4.74 Å². The SMILES string of the molecule is FC(F)(F)c1ccc([C@@H]2CO2)cc1. The molecule has 0 aromatic heterocycles. The molecule has 0 unspecified atom stereocenters. The Balaban J connectivity index is 2.22. The molecule has 13 heavy (non-hydrogen) atoms. The molecule has 0 saturated carbocycles. The minimum atomic E-state index is -4.25. The average Bonchev–Trinajstić information content (AvgIpc) is 2.85. The number of halogens is 3. The molecule has 1 heterocycles. The first-order chi connectivity index (χ1) is 6.07. The van der Waals surface area contributed by atoms with Crippen LogP contribution in [0.25, 0.3) is 0 Å². The van der Waals surface area contributed by atoms with Gasteiger partial charge in [-0.3, -0.25) is 0 Å². The second-order valence-electron chi connectivity index (χ2n) is 2.94. The van der Waals surface area contributed by atoms with Crippen molar-refractivity contribution in [3.05, 3.63) is 35.4 Å². The van der Waals surface area contributed by atoms with Crippen molar-refractivity contribution >= 4 is 0 Å². The Labute approximate surface area is 73.1 Å². The highest BCUT2D eigenvalue weighted by atomic mass is 19.4. The van der Waals surface area contributed by atoms with Gasteiger partial charge in [-0.1, -0.05) is 12.1 Å². The predicted molar refractivity (Wildman–Crippen MR) is 40.1 cm³/mol. The fourth-order valence-corrected chi connectivity index (χ4v) is 1.13. The second-order valence-corrected chi connectivity index (χ2v) is 2.94. The maximum Gasteiger partial charge on any atom is 0.416 e. The molecule has 70 valence electrons. The summed E-state index contributed by atoms with van der Waals surface area (Å²) >= 11 is 0. The van der Waals surface area contributed by atoms with E-state index in [1.165, 1.54) is 12.1 Å². The number of alkyl halides is 3. The van der Waals surface area contributed by atoms with Crippen LogP contribution < -0.4 is 0 Å². The number of hydrogen-bond acceptors (Lipinski definition) is 1. The summed E-state index contributed by atoms with van der Waals surface area (Å²) in [6.07, 6.45) is -4.23. The van der Waals surface area contributed by atoms with Crippen LogP contribution in [-0.4, -0.2) is 6.61 Å². The molecular weight excluding hydrogens is 181 g/mol. The van der Waals surface area contributed by atoms with Crippen molar-refractivity contribution in [1.29, 1.82) is 0 Å². The summed E-state index contributed by atoms with van der Waals surface area (Å²) in [7, 11) is 0. The van der Waals surface area contributed by atoms with Crippen molar-refractivity contribution in [2.24, 2.45) is 0 Å². The second kappa shape index (κ2) is 2.73. The number of ether oxygens (including phenoxy) is 1. The largest absolute Gasteiger partial charge is 0.416 e. The number of rotatable bonds is 1. The van der Waals surface area contributed by atoms with Crippen LogP contribution in [-0.2, 0) is 10.9 Å². The maximum atomic E-state index is 12.1. The summed E-state index contributed by atoms with van der Waals surface area (Å²) in [5.74, 6) is 0. The van der Waals surface area contributed by atoms with Crippen LogP contribution in [0.2, 0.25) is 0 Å². The number of epoxide rings is 1. The van der Waals surface area contributed by atoms with Crippen LogP contribution in [0.3, 0.4) is 0 Å². The maximum absolute atomic E-state index is 12.1. The van der Waals surface area contributed by atoms with Crippen LogP contribution in [0, 0.1) is 0 Å². The van der Waals surface area contributed by atoms with E-state index in [1.54, 1.807) is 0 Å². The molecule has 0 bridgehead atoms. The molecule has 0 N–H and O–H groups in total. The van der Waals surface area contributed by atoms with Gasteiger partial charge in [-0.05, 0) is 17.7 Å². The first kappa shape index (κ1) is 8.56. The average molecular weight is 188 g/mol. The lowest BCUT2D eigenvalue weighted by molar-refractivity contribution is -0.137. The summed E-state index contributed by atoms with van der Waals surface area (Å²) < 4.78 is 41.3. The Hall–Kier alpha value is -1.03. The molecule has 0 amide bonds. The molecule has 1 atom stereocenters. The third-order valence-corrected chi connectivity index (χ3v) is 1.94. The van der Waals surface area contributed by atoms with E-state index in [0.29, 0.717) is 6.61 Å². The van der Waals surface area contributed by atoms with Gasteiger partial charge in [-0.15, -0.1) is 0 Å². The number of benzene rings is 1. The Morgan fingerprint density at radius 2 is 1.69 bits per heavy atom. The third kappa shape index (κ3) is 1.83. The Morgan fingerprint density at radius 3 is 2.08 bits per heavy atom. The van der Waals surface area contributed by atoms with Gasteiger partial charge in [0.15, 0.2) is 0 Å². The van der Waals surface area contributed by atoms with E-state index in [1.807, 2.05) is 0 Å². The first-order valence-corrected chi connectivity index (χ1v) is 3.86. The van der Waals surface area contributed by atoms with Gasteiger partial charge in [0.05, 0.1) is 12.2 Å². The van der Waals surface area contributed by atoms with E-state index in [-0.39, 0.29) is 6.10 Å². The molecule has 1 aromatic rings. The monoisotopic (exact) mass is 188 g/mol. The van der Waals surface area contributed by atoms with Gasteiger partial charge in [0.25, 0.3) is 0 Å². The molecule has 0 spiro atoms. The lowest BCUT2D eigenvalue weighted by Gasteiger charge is -2.06. The summed E-state index contributed by atoms with van der Waals surface area (Å²) in [6.45, 7) is 0.616. The van der Waals surface area contributed by atoms with Crippen molar-refractivity contribution in [1.82, 2.24) is 0 Å². The fourth-order valence-electron chi connectivity index (χ4n) is 1.13. The minimum Gasteiger partial charge on any atom is -0.368 e. The molecule has 0 radical (unpaired) electrons. The highest BCUT2D eigenvalue weighted by Crippen LogP contribution is 2.33. The number of hydrogen-bond donors (Lipinski definition) is 0. The third-order valence-electron chi connectivity index (χ3n) is 1.94. The molecule has 1 nitrogen and oxygen atoms in total. The van der Waals surface area contributed by atoms with Crippen LogP contribution in [0.5, 0.6) is 0 Å². The quantitative estimate of drug-likeness (QED) is 0.617. The summed E-state index contributed by atoms with van der Waals surface area (Å²) in [5.41, 5.74) is 0.199. The summed E-state index contributed by atoms with van der Waals surface area (Å²) in [6, 6.07) is 5.08. The first-order valence-electron chi connectivity index (χ1n) is 3.86.